The Morgan fingerprint density at radius 3 is 2.70 bits per heavy atom. The number of hydrogen-bond donors (Lipinski definition) is 2. The van der Waals surface area contributed by atoms with Crippen molar-refractivity contribution in [2.24, 2.45) is 0 Å². The van der Waals surface area contributed by atoms with Crippen molar-refractivity contribution < 1.29 is 4.79 Å². The number of benzene rings is 1. The van der Waals surface area contributed by atoms with E-state index in [9.17, 15) is 4.79 Å². The molecule has 0 aliphatic rings. The molecule has 0 radical (unpaired) electrons. The Morgan fingerprint density at radius 1 is 1.30 bits per heavy atom. The number of carbonyl (C=O) groups is 1. The van der Waals surface area contributed by atoms with Gasteiger partial charge in [0.1, 0.15) is 0 Å². The summed E-state index contributed by atoms with van der Waals surface area (Å²) in [7, 11) is 0. The maximum Gasteiger partial charge on any atom is 0.257 e. The van der Waals surface area contributed by atoms with Gasteiger partial charge in [-0.15, -0.1) is 11.3 Å². The van der Waals surface area contributed by atoms with Crippen molar-refractivity contribution in [3.05, 3.63) is 49.0 Å². The zero-order valence-electron chi connectivity index (χ0n) is 10.9. The molecular weight excluding hydrogens is 404 g/mol. The summed E-state index contributed by atoms with van der Waals surface area (Å²) in [6.45, 7) is 3.69. The zero-order chi connectivity index (χ0) is 14.5. The highest BCUT2D eigenvalue weighted by Gasteiger charge is 2.14. The predicted octanol–water partition coefficient (Wildman–Crippen LogP) is 4.63. The van der Waals surface area contributed by atoms with Crippen molar-refractivity contribution in [2.45, 2.75) is 13.5 Å². The maximum atomic E-state index is 12.3. The molecule has 0 atom stereocenters. The van der Waals surface area contributed by atoms with Crippen molar-refractivity contribution >= 4 is 54.8 Å². The molecule has 0 unspecified atom stereocenters. The van der Waals surface area contributed by atoms with Gasteiger partial charge in [-0.3, -0.25) is 4.79 Å². The summed E-state index contributed by atoms with van der Waals surface area (Å²) in [6.07, 6.45) is 0. The number of rotatable bonds is 5. The number of anilines is 1. The van der Waals surface area contributed by atoms with Crippen LogP contribution in [0.15, 0.2) is 37.9 Å². The van der Waals surface area contributed by atoms with Gasteiger partial charge in [-0.25, -0.2) is 0 Å². The van der Waals surface area contributed by atoms with Crippen LogP contribution in [0.2, 0.25) is 0 Å². The molecule has 1 amide bonds. The number of halogens is 2. The van der Waals surface area contributed by atoms with Crippen LogP contribution in [0, 0.1) is 0 Å². The molecule has 1 heterocycles. The van der Waals surface area contributed by atoms with E-state index in [4.69, 9.17) is 0 Å². The second kappa shape index (κ2) is 7.36. The maximum absolute atomic E-state index is 12.3. The number of nitrogens with one attached hydrogen (secondary N) is 2. The summed E-state index contributed by atoms with van der Waals surface area (Å²) >= 11 is 8.28. The van der Waals surface area contributed by atoms with E-state index >= 15 is 0 Å². The first-order chi connectivity index (χ1) is 9.61. The van der Waals surface area contributed by atoms with Crippen molar-refractivity contribution in [3.63, 3.8) is 0 Å². The van der Waals surface area contributed by atoms with Crippen LogP contribution in [-0.4, -0.2) is 12.5 Å². The third-order valence-electron chi connectivity index (χ3n) is 2.73. The van der Waals surface area contributed by atoms with Crippen LogP contribution < -0.4 is 10.6 Å². The fourth-order valence-corrected chi connectivity index (χ4v) is 4.53. The summed E-state index contributed by atoms with van der Waals surface area (Å²) in [6, 6.07) is 9.64. The average molecular weight is 418 g/mol. The SMILES string of the molecule is CCNCc1ccccc1NC(=O)c1cc(Br)sc1Br. The van der Waals surface area contributed by atoms with E-state index in [1.807, 2.05) is 30.3 Å². The summed E-state index contributed by atoms with van der Waals surface area (Å²) in [5.74, 6) is -0.109. The highest BCUT2D eigenvalue weighted by atomic mass is 79.9. The fourth-order valence-electron chi connectivity index (χ4n) is 1.74. The topological polar surface area (TPSA) is 41.1 Å². The lowest BCUT2D eigenvalue weighted by Gasteiger charge is -2.11. The first kappa shape index (κ1) is 15.7. The van der Waals surface area contributed by atoms with Gasteiger partial charge < -0.3 is 10.6 Å². The highest BCUT2D eigenvalue weighted by Crippen LogP contribution is 2.32. The van der Waals surface area contributed by atoms with Gasteiger partial charge in [0.2, 0.25) is 0 Å². The molecular formula is C14H14Br2N2OS. The quantitative estimate of drug-likeness (QED) is 0.744. The zero-order valence-corrected chi connectivity index (χ0v) is 14.9. The van der Waals surface area contributed by atoms with E-state index in [2.05, 4.69) is 49.4 Å². The standard InChI is InChI=1S/C14H14Br2N2OS/c1-2-17-8-9-5-3-4-6-11(9)18-14(19)10-7-12(15)20-13(10)16/h3-7,17H,2,8H2,1H3,(H,18,19). The van der Waals surface area contributed by atoms with Gasteiger partial charge in [0.05, 0.1) is 13.1 Å². The van der Waals surface area contributed by atoms with Gasteiger partial charge in [0.25, 0.3) is 5.91 Å². The summed E-state index contributed by atoms with van der Waals surface area (Å²) in [5.41, 5.74) is 2.56. The molecule has 1 aromatic heterocycles. The largest absolute Gasteiger partial charge is 0.322 e. The molecule has 6 heteroatoms. The van der Waals surface area contributed by atoms with Crippen molar-refractivity contribution in [1.82, 2.24) is 5.32 Å². The monoisotopic (exact) mass is 416 g/mol. The summed E-state index contributed by atoms with van der Waals surface area (Å²) < 4.78 is 1.75. The van der Waals surface area contributed by atoms with Crippen LogP contribution in [0.4, 0.5) is 5.69 Å². The highest BCUT2D eigenvalue weighted by molar-refractivity contribution is 9.12. The number of carbonyl (C=O) groups excluding carboxylic acids is 1. The molecule has 0 fully saturated rings. The first-order valence-corrected chi connectivity index (χ1v) is 8.57. The van der Waals surface area contributed by atoms with E-state index in [0.29, 0.717) is 5.56 Å². The minimum atomic E-state index is -0.109. The molecule has 2 rings (SSSR count). The molecule has 0 aliphatic carbocycles. The second-order valence-electron chi connectivity index (χ2n) is 4.13. The van der Waals surface area contributed by atoms with Crippen LogP contribution in [0.1, 0.15) is 22.8 Å². The van der Waals surface area contributed by atoms with Crippen LogP contribution in [-0.2, 0) is 6.54 Å². The minimum Gasteiger partial charge on any atom is -0.322 e. The molecule has 0 saturated carbocycles. The van der Waals surface area contributed by atoms with E-state index in [1.165, 1.54) is 11.3 Å². The molecule has 2 N–H and O–H groups in total. The van der Waals surface area contributed by atoms with E-state index < -0.39 is 0 Å². The van der Waals surface area contributed by atoms with Gasteiger partial charge >= 0.3 is 0 Å². The molecule has 1 aromatic carbocycles. The van der Waals surface area contributed by atoms with Crippen LogP contribution in [0.3, 0.4) is 0 Å². The Hall–Kier alpha value is -0.690. The normalized spacial score (nSPS) is 10.6. The molecule has 0 spiro atoms. The Kier molecular flexibility index (Phi) is 5.77. The Morgan fingerprint density at radius 2 is 2.05 bits per heavy atom. The average Bonchev–Trinajstić information content (AvgIpc) is 2.77. The Balaban J connectivity index is 2.17. The third-order valence-corrected chi connectivity index (χ3v) is 5.07. The van der Waals surface area contributed by atoms with Gasteiger partial charge in [0.15, 0.2) is 0 Å². The van der Waals surface area contributed by atoms with Crippen LogP contribution >= 0.6 is 43.2 Å². The molecule has 0 aliphatic heterocycles. The lowest BCUT2D eigenvalue weighted by molar-refractivity contribution is 0.102. The van der Waals surface area contributed by atoms with Gasteiger partial charge in [-0.1, -0.05) is 25.1 Å². The first-order valence-electron chi connectivity index (χ1n) is 6.16. The van der Waals surface area contributed by atoms with Crippen LogP contribution in [0.5, 0.6) is 0 Å². The molecule has 3 nitrogen and oxygen atoms in total. The smallest absolute Gasteiger partial charge is 0.257 e. The molecule has 0 saturated heterocycles. The van der Waals surface area contributed by atoms with Crippen molar-refractivity contribution in [2.75, 3.05) is 11.9 Å². The predicted molar refractivity (Wildman–Crippen MR) is 91.5 cm³/mol. The number of amides is 1. The summed E-state index contributed by atoms with van der Waals surface area (Å²) in [5, 5.41) is 6.23. The number of hydrogen-bond acceptors (Lipinski definition) is 3. The number of para-hydroxylation sites is 1. The van der Waals surface area contributed by atoms with Gasteiger partial charge in [-0.2, -0.15) is 0 Å². The second-order valence-corrected chi connectivity index (χ2v) is 7.88. The fraction of sp³-hybridized carbons (Fsp3) is 0.214. The molecule has 0 bridgehead atoms. The van der Waals surface area contributed by atoms with Crippen molar-refractivity contribution in [1.29, 1.82) is 0 Å². The van der Waals surface area contributed by atoms with Crippen molar-refractivity contribution in [3.8, 4) is 0 Å². The minimum absolute atomic E-state index is 0.109. The Labute approximate surface area is 139 Å². The Bertz CT molecular complexity index is 613. The molecule has 2 aromatic rings. The summed E-state index contributed by atoms with van der Waals surface area (Å²) in [4.78, 5) is 12.3. The van der Waals surface area contributed by atoms with E-state index in [-0.39, 0.29) is 5.91 Å². The van der Waals surface area contributed by atoms with Gasteiger partial charge in [-0.05, 0) is 56.1 Å². The van der Waals surface area contributed by atoms with E-state index in [1.54, 1.807) is 0 Å². The third kappa shape index (κ3) is 3.91. The lowest BCUT2D eigenvalue weighted by Crippen LogP contribution is -2.16. The van der Waals surface area contributed by atoms with E-state index in [0.717, 1.165) is 31.9 Å². The number of thiophene rings is 1. The van der Waals surface area contributed by atoms with Gasteiger partial charge in [0, 0.05) is 12.2 Å². The molecule has 106 valence electrons. The molecule has 20 heavy (non-hydrogen) atoms. The van der Waals surface area contributed by atoms with Crippen LogP contribution in [0.25, 0.3) is 0 Å². The lowest BCUT2D eigenvalue weighted by atomic mass is 10.1.